The van der Waals surface area contributed by atoms with Crippen molar-refractivity contribution in [1.29, 1.82) is 0 Å². The van der Waals surface area contributed by atoms with E-state index in [2.05, 4.69) is 22.7 Å². The fourth-order valence-electron chi connectivity index (χ4n) is 1.78. The van der Waals surface area contributed by atoms with Gasteiger partial charge in [0.05, 0.1) is 10.6 Å². The summed E-state index contributed by atoms with van der Waals surface area (Å²) in [6, 6.07) is 5.53. The number of rotatable bonds is 3. The number of hydrogen-bond acceptors (Lipinski definition) is 4. The van der Waals surface area contributed by atoms with Crippen molar-refractivity contribution in [3.63, 3.8) is 0 Å². The van der Waals surface area contributed by atoms with Gasteiger partial charge in [0.1, 0.15) is 0 Å². The quantitative estimate of drug-likeness (QED) is 0.864. The standard InChI is InChI=1S/C14H12N2OS2/c17-14(13-4-2-10-19-13)16-8-7-11(15-16)5-6-12-3-1-9-18-12/h1-2,4-10,12H,3H2/b6-5+. The molecule has 0 amide bonds. The minimum absolute atomic E-state index is 0.0773. The van der Waals surface area contributed by atoms with Gasteiger partial charge >= 0.3 is 0 Å². The second-order valence-electron chi connectivity index (χ2n) is 4.11. The van der Waals surface area contributed by atoms with Gasteiger partial charge in [0.2, 0.25) is 0 Å². The van der Waals surface area contributed by atoms with Gasteiger partial charge in [-0.3, -0.25) is 4.79 Å². The van der Waals surface area contributed by atoms with E-state index >= 15 is 0 Å². The van der Waals surface area contributed by atoms with Crippen LogP contribution in [0.4, 0.5) is 0 Å². The molecule has 2 aromatic heterocycles. The average Bonchev–Trinajstić information content (AvgIpc) is 3.16. The van der Waals surface area contributed by atoms with Gasteiger partial charge < -0.3 is 0 Å². The van der Waals surface area contributed by atoms with Gasteiger partial charge in [0.25, 0.3) is 5.91 Å². The fraction of sp³-hybridized carbons (Fsp3) is 0.143. The lowest BCUT2D eigenvalue weighted by Gasteiger charge is -1.98. The molecule has 3 rings (SSSR count). The van der Waals surface area contributed by atoms with Gasteiger partial charge in [0, 0.05) is 11.4 Å². The monoisotopic (exact) mass is 288 g/mol. The molecule has 1 unspecified atom stereocenters. The molecule has 96 valence electrons. The summed E-state index contributed by atoms with van der Waals surface area (Å²) in [5.41, 5.74) is 0.817. The maximum Gasteiger partial charge on any atom is 0.288 e. The Morgan fingerprint density at radius 1 is 1.47 bits per heavy atom. The van der Waals surface area contributed by atoms with E-state index in [1.54, 1.807) is 18.0 Å². The van der Waals surface area contributed by atoms with E-state index in [0.717, 1.165) is 12.1 Å². The number of thioether (sulfide) groups is 1. The van der Waals surface area contributed by atoms with E-state index in [1.807, 2.05) is 29.7 Å². The third-order valence-electron chi connectivity index (χ3n) is 2.75. The Balaban J connectivity index is 1.71. The van der Waals surface area contributed by atoms with Crippen LogP contribution in [0.15, 0.2) is 47.3 Å². The van der Waals surface area contributed by atoms with Crippen LogP contribution in [0.2, 0.25) is 0 Å². The van der Waals surface area contributed by atoms with Gasteiger partial charge in [-0.2, -0.15) is 5.10 Å². The summed E-state index contributed by atoms with van der Waals surface area (Å²) in [5, 5.41) is 8.79. The Labute approximate surface area is 119 Å². The van der Waals surface area contributed by atoms with Crippen LogP contribution >= 0.6 is 23.1 Å². The summed E-state index contributed by atoms with van der Waals surface area (Å²) in [6.07, 6.45) is 9.05. The van der Waals surface area contributed by atoms with Crippen LogP contribution in [0.5, 0.6) is 0 Å². The highest BCUT2D eigenvalue weighted by Gasteiger charge is 2.11. The summed E-state index contributed by atoms with van der Waals surface area (Å²) in [5.74, 6) is -0.0773. The maximum absolute atomic E-state index is 12.1. The van der Waals surface area contributed by atoms with Crippen LogP contribution in [0.3, 0.4) is 0 Å². The SMILES string of the molecule is O=C(c1cccs1)n1ccc(/C=C/C2CC=CS2)n1. The van der Waals surface area contributed by atoms with Gasteiger partial charge in [-0.1, -0.05) is 18.2 Å². The van der Waals surface area contributed by atoms with Crippen molar-refractivity contribution in [2.45, 2.75) is 11.7 Å². The number of carbonyl (C=O) groups is 1. The zero-order chi connectivity index (χ0) is 13.1. The van der Waals surface area contributed by atoms with Gasteiger partial charge in [-0.15, -0.1) is 23.1 Å². The van der Waals surface area contributed by atoms with E-state index in [4.69, 9.17) is 0 Å². The van der Waals surface area contributed by atoms with Crippen LogP contribution in [0.25, 0.3) is 6.08 Å². The Morgan fingerprint density at radius 3 is 3.16 bits per heavy atom. The summed E-state index contributed by atoms with van der Waals surface area (Å²) >= 11 is 3.23. The van der Waals surface area contributed by atoms with E-state index in [1.165, 1.54) is 16.0 Å². The number of hydrogen-bond donors (Lipinski definition) is 0. The van der Waals surface area contributed by atoms with Crippen molar-refractivity contribution in [2.75, 3.05) is 0 Å². The summed E-state index contributed by atoms with van der Waals surface area (Å²) in [6.45, 7) is 0. The molecule has 0 fully saturated rings. The van der Waals surface area contributed by atoms with E-state index in [9.17, 15) is 4.79 Å². The molecule has 3 nitrogen and oxygen atoms in total. The smallest absolute Gasteiger partial charge is 0.266 e. The predicted molar refractivity (Wildman–Crippen MR) is 80.4 cm³/mol. The number of nitrogens with zero attached hydrogens (tertiary/aromatic N) is 2. The average molecular weight is 288 g/mol. The minimum Gasteiger partial charge on any atom is -0.266 e. The number of allylic oxidation sites excluding steroid dienone is 1. The van der Waals surface area contributed by atoms with Crippen molar-refractivity contribution in [3.8, 4) is 0 Å². The Hall–Kier alpha value is -1.59. The van der Waals surface area contributed by atoms with Crippen molar-refractivity contribution < 1.29 is 4.79 Å². The molecule has 1 aliphatic heterocycles. The molecular weight excluding hydrogens is 276 g/mol. The van der Waals surface area contributed by atoms with Crippen LogP contribution in [0, 0.1) is 0 Å². The summed E-state index contributed by atoms with van der Waals surface area (Å²) in [7, 11) is 0. The second-order valence-corrected chi connectivity index (χ2v) is 6.21. The van der Waals surface area contributed by atoms with Gasteiger partial charge in [-0.05, 0) is 35.4 Å². The third kappa shape index (κ3) is 2.88. The predicted octanol–water partition coefficient (Wildman–Crippen LogP) is 3.67. The molecule has 5 heteroatoms. The van der Waals surface area contributed by atoms with E-state index in [0.29, 0.717) is 10.1 Å². The minimum atomic E-state index is -0.0773. The topological polar surface area (TPSA) is 34.9 Å². The van der Waals surface area contributed by atoms with Crippen molar-refractivity contribution >= 4 is 35.1 Å². The van der Waals surface area contributed by atoms with Crippen LogP contribution in [-0.4, -0.2) is 20.9 Å². The second kappa shape index (κ2) is 5.59. The molecule has 0 radical (unpaired) electrons. The third-order valence-corrected chi connectivity index (χ3v) is 4.66. The lowest BCUT2D eigenvalue weighted by Crippen LogP contribution is -2.10. The molecule has 2 aromatic rings. The Kier molecular flexibility index (Phi) is 3.66. The first kappa shape index (κ1) is 12.4. The lowest BCUT2D eigenvalue weighted by atomic mass is 10.2. The maximum atomic E-state index is 12.1. The number of carbonyl (C=O) groups excluding carboxylic acids is 1. The van der Waals surface area contributed by atoms with Crippen molar-refractivity contribution in [2.24, 2.45) is 0 Å². The summed E-state index contributed by atoms with van der Waals surface area (Å²) < 4.78 is 1.39. The highest BCUT2D eigenvalue weighted by atomic mass is 32.2. The molecule has 1 aliphatic rings. The first-order valence-corrected chi connectivity index (χ1v) is 7.78. The Bertz CT molecular complexity index is 618. The molecule has 1 atom stereocenters. The molecule has 0 aromatic carbocycles. The molecule has 19 heavy (non-hydrogen) atoms. The number of thiophene rings is 1. The van der Waals surface area contributed by atoms with Crippen LogP contribution in [-0.2, 0) is 0 Å². The first-order chi connectivity index (χ1) is 9.33. The molecule has 0 saturated heterocycles. The molecule has 0 spiro atoms. The fourth-order valence-corrected chi connectivity index (χ4v) is 3.26. The zero-order valence-corrected chi connectivity index (χ0v) is 11.7. The van der Waals surface area contributed by atoms with Crippen molar-refractivity contribution in [1.82, 2.24) is 9.78 Å². The highest BCUT2D eigenvalue weighted by molar-refractivity contribution is 8.03. The van der Waals surface area contributed by atoms with Crippen molar-refractivity contribution in [3.05, 3.63) is 57.9 Å². The van der Waals surface area contributed by atoms with Gasteiger partial charge in [-0.25, -0.2) is 4.68 Å². The Morgan fingerprint density at radius 2 is 2.42 bits per heavy atom. The largest absolute Gasteiger partial charge is 0.288 e. The zero-order valence-electron chi connectivity index (χ0n) is 10.1. The number of aromatic nitrogens is 2. The lowest BCUT2D eigenvalue weighted by molar-refractivity contribution is 0.0949. The first-order valence-electron chi connectivity index (χ1n) is 5.95. The van der Waals surface area contributed by atoms with E-state index < -0.39 is 0 Å². The molecule has 3 heterocycles. The van der Waals surface area contributed by atoms with Crippen LogP contribution in [0.1, 0.15) is 21.8 Å². The molecular formula is C14H12N2OS2. The molecule has 0 saturated carbocycles. The normalized spacial score (nSPS) is 18.4. The molecule has 0 bridgehead atoms. The van der Waals surface area contributed by atoms with Gasteiger partial charge in [0.15, 0.2) is 0 Å². The van der Waals surface area contributed by atoms with E-state index in [-0.39, 0.29) is 5.91 Å². The highest BCUT2D eigenvalue weighted by Crippen LogP contribution is 2.25. The summed E-state index contributed by atoms with van der Waals surface area (Å²) in [4.78, 5) is 12.8. The van der Waals surface area contributed by atoms with Crippen LogP contribution < -0.4 is 0 Å². The molecule has 0 N–H and O–H groups in total. The molecule has 0 aliphatic carbocycles.